The Balaban J connectivity index is 1.97. The van der Waals surface area contributed by atoms with E-state index in [4.69, 9.17) is 9.47 Å². The number of methoxy groups -OCH3 is 2. The normalized spacial score (nSPS) is 18.7. The van der Waals surface area contributed by atoms with Gasteiger partial charge in [0.05, 0.1) is 14.2 Å². The van der Waals surface area contributed by atoms with E-state index in [2.05, 4.69) is 15.6 Å². The molecule has 0 bridgehead atoms. The molecule has 1 aliphatic heterocycles. The number of benzene rings is 1. The highest BCUT2D eigenvalue weighted by Gasteiger charge is 2.31. The van der Waals surface area contributed by atoms with Crippen molar-refractivity contribution in [3.8, 4) is 11.5 Å². The molecule has 8 heteroatoms. The number of anilines is 1. The predicted molar refractivity (Wildman–Crippen MR) is 90.3 cm³/mol. The fourth-order valence-electron chi connectivity index (χ4n) is 2.05. The molecule has 1 saturated heterocycles. The fraction of sp³-hybridized carbons (Fsp3) is 0.400. The molecule has 23 heavy (non-hydrogen) atoms. The Morgan fingerprint density at radius 2 is 2.09 bits per heavy atom. The second-order valence-electron chi connectivity index (χ2n) is 4.70. The van der Waals surface area contributed by atoms with Crippen molar-refractivity contribution in [1.82, 2.24) is 5.32 Å². The van der Waals surface area contributed by atoms with Crippen LogP contribution in [0.3, 0.4) is 0 Å². The van der Waals surface area contributed by atoms with Crippen molar-refractivity contribution in [3.63, 3.8) is 0 Å². The number of thioether (sulfide) groups is 1. The van der Waals surface area contributed by atoms with Crippen LogP contribution in [0.15, 0.2) is 23.2 Å². The number of aliphatic imine (C=N–C) groups is 1. The zero-order valence-corrected chi connectivity index (χ0v) is 14.0. The molecular weight excluding hydrogens is 318 g/mol. The Bertz CT molecular complexity index is 633. The van der Waals surface area contributed by atoms with Crippen LogP contribution in [0.5, 0.6) is 11.5 Å². The molecule has 1 aromatic rings. The largest absolute Gasteiger partial charge is 0.493 e. The van der Waals surface area contributed by atoms with Crippen LogP contribution in [0, 0.1) is 0 Å². The molecule has 1 aromatic carbocycles. The molecule has 0 saturated carbocycles. The number of nitrogens with one attached hydrogen (secondary N) is 2. The number of rotatable bonds is 6. The third kappa shape index (κ3) is 4.38. The monoisotopic (exact) mass is 337 g/mol. The van der Waals surface area contributed by atoms with E-state index >= 15 is 0 Å². The Kier molecular flexibility index (Phi) is 5.86. The average Bonchev–Trinajstić information content (AvgIpc) is 2.87. The lowest BCUT2D eigenvalue weighted by atomic mass is 10.2. The van der Waals surface area contributed by atoms with Gasteiger partial charge in [0.15, 0.2) is 16.7 Å². The zero-order chi connectivity index (χ0) is 16.8. The Morgan fingerprint density at radius 1 is 1.35 bits per heavy atom. The Hall–Kier alpha value is -2.22. The summed E-state index contributed by atoms with van der Waals surface area (Å²) in [5, 5.41) is 5.53. The van der Waals surface area contributed by atoms with Gasteiger partial charge in [-0.2, -0.15) is 0 Å². The molecule has 2 N–H and O–H groups in total. The number of hydrogen-bond acceptors (Lipinski definition) is 6. The van der Waals surface area contributed by atoms with E-state index in [1.807, 2.05) is 6.92 Å². The van der Waals surface area contributed by atoms with Crippen molar-refractivity contribution in [3.05, 3.63) is 18.2 Å². The SMILES string of the molecule is CCN=C1NC(=O)[C@@H](CC(=O)Nc2ccc(OC)c(OC)c2)S1. The minimum absolute atomic E-state index is 0.0770. The summed E-state index contributed by atoms with van der Waals surface area (Å²) in [6.45, 7) is 2.48. The first-order valence-electron chi connectivity index (χ1n) is 7.11. The number of carbonyl (C=O) groups excluding carboxylic acids is 2. The summed E-state index contributed by atoms with van der Waals surface area (Å²) in [5.74, 6) is 0.666. The lowest BCUT2D eigenvalue weighted by Gasteiger charge is -2.11. The van der Waals surface area contributed by atoms with E-state index in [0.717, 1.165) is 0 Å². The lowest BCUT2D eigenvalue weighted by Crippen LogP contribution is -2.28. The van der Waals surface area contributed by atoms with Crippen LogP contribution >= 0.6 is 11.8 Å². The fourth-order valence-corrected chi connectivity index (χ4v) is 3.09. The van der Waals surface area contributed by atoms with Crippen molar-refractivity contribution >= 4 is 34.4 Å². The van der Waals surface area contributed by atoms with Gasteiger partial charge in [0.25, 0.3) is 0 Å². The van der Waals surface area contributed by atoms with Crippen molar-refractivity contribution in [1.29, 1.82) is 0 Å². The van der Waals surface area contributed by atoms with Crippen LogP contribution in [-0.4, -0.2) is 43.0 Å². The van der Waals surface area contributed by atoms with Gasteiger partial charge in [-0.15, -0.1) is 0 Å². The van der Waals surface area contributed by atoms with Gasteiger partial charge in [-0.3, -0.25) is 14.6 Å². The standard InChI is InChI=1S/C15H19N3O4S/c1-4-16-15-18-14(20)12(23-15)8-13(19)17-9-5-6-10(21-2)11(7-9)22-3/h5-7,12H,4,8H2,1-3H3,(H,17,19)(H,16,18,20)/t12-/m1/s1. The van der Waals surface area contributed by atoms with Crippen molar-refractivity contribution in [2.75, 3.05) is 26.1 Å². The van der Waals surface area contributed by atoms with Crippen LogP contribution in [0.4, 0.5) is 5.69 Å². The maximum atomic E-state index is 12.1. The van der Waals surface area contributed by atoms with Gasteiger partial charge in [0.1, 0.15) is 5.25 Å². The minimum Gasteiger partial charge on any atom is -0.493 e. The van der Waals surface area contributed by atoms with Crippen LogP contribution in [-0.2, 0) is 9.59 Å². The van der Waals surface area contributed by atoms with Gasteiger partial charge < -0.3 is 20.1 Å². The molecule has 1 aliphatic rings. The third-order valence-corrected chi connectivity index (χ3v) is 4.24. The second-order valence-corrected chi connectivity index (χ2v) is 5.89. The van der Waals surface area contributed by atoms with E-state index in [9.17, 15) is 9.59 Å². The first kappa shape index (κ1) is 17.1. The third-order valence-electron chi connectivity index (χ3n) is 3.12. The highest BCUT2D eigenvalue weighted by atomic mass is 32.2. The summed E-state index contributed by atoms with van der Waals surface area (Å²) in [6.07, 6.45) is 0.0770. The van der Waals surface area contributed by atoms with Crippen molar-refractivity contribution in [2.45, 2.75) is 18.6 Å². The van der Waals surface area contributed by atoms with Crippen molar-refractivity contribution < 1.29 is 19.1 Å². The number of carbonyl (C=O) groups is 2. The van der Waals surface area contributed by atoms with Gasteiger partial charge in [-0.25, -0.2) is 0 Å². The highest BCUT2D eigenvalue weighted by Crippen LogP contribution is 2.30. The maximum Gasteiger partial charge on any atom is 0.240 e. The summed E-state index contributed by atoms with van der Waals surface area (Å²) in [6, 6.07) is 5.09. The first-order valence-corrected chi connectivity index (χ1v) is 7.99. The van der Waals surface area contributed by atoms with Crippen molar-refractivity contribution in [2.24, 2.45) is 4.99 Å². The molecule has 1 atom stereocenters. The molecule has 0 radical (unpaired) electrons. The average molecular weight is 337 g/mol. The van der Waals surface area contributed by atoms with E-state index in [-0.39, 0.29) is 18.2 Å². The van der Waals surface area contributed by atoms with Crippen LogP contribution in [0.25, 0.3) is 0 Å². The molecule has 7 nitrogen and oxygen atoms in total. The minimum atomic E-state index is -0.458. The van der Waals surface area contributed by atoms with Gasteiger partial charge in [0.2, 0.25) is 11.8 Å². The molecule has 2 rings (SSSR count). The molecule has 1 fully saturated rings. The van der Waals surface area contributed by atoms with E-state index < -0.39 is 5.25 Å². The predicted octanol–water partition coefficient (Wildman–Crippen LogP) is 1.64. The molecular formula is C15H19N3O4S. The number of hydrogen-bond donors (Lipinski definition) is 2. The van der Waals surface area contributed by atoms with E-state index in [0.29, 0.717) is 28.9 Å². The Morgan fingerprint density at radius 3 is 2.74 bits per heavy atom. The van der Waals surface area contributed by atoms with Gasteiger partial charge >= 0.3 is 0 Å². The van der Waals surface area contributed by atoms with Gasteiger partial charge in [-0.05, 0) is 19.1 Å². The number of amidine groups is 1. The van der Waals surface area contributed by atoms with Crippen LogP contribution in [0.1, 0.15) is 13.3 Å². The lowest BCUT2D eigenvalue weighted by molar-refractivity contribution is -0.122. The molecule has 124 valence electrons. The molecule has 0 aromatic heterocycles. The zero-order valence-electron chi connectivity index (χ0n) is 13.2. The van der Waals surface area contributed by atoms with Crippen LogP contribution < -0.4 is 20.1 Å². The topological polar surface area (TPSA) is 89.0 Å². The smallest absolute Gasteiger partial charge is 0.240 e. The van der Waals surface area contributed by atoms with Crippen LogP contribution in [0.2, 0.25) is 0 Å². The summed E-state index contributed by atoms with van der Waals surface area (Å²) in [7, 11) is 3.07. The van der Waals surface area contributed by atoms with Gasteiger partial charge in [-0.1, -0.05) is 11.8 Å². The summed E-state index contributed by atoms with van der Waals surface area (Å²) >= 11 is 1.28. The van der Waals surface area contributed by atoms with E-state index in [1.54, 1.807) is 25.3 Å². The number of amides is 2. The molecule has 1 heterocycles. The maximum absolute atomic E-state index is 12.1. The molecule has 0 spiro atoms. The second kappa shape index (κ2) is 7.87. The number of ether oxygens (including phenoxy) is 2. The number of nitrogens with zero attached hydrogens (tertiary/aromatic N) is 1. The summed E-state index contributed by atoms with van der Waals surface area (Å²) < 4.78 is 10.3. The Labute approximate surface area is 138 Å². The molecule has 0 unspecified atom stereocenters. The summed E-state index contributed by atoms with van der Waals surface area (Å²) in [4.78, 5) is 28.1. The highest BCUT2D eigenvalue weighted by molar-refractivity contribution is 8.15. The quantitative estimate of drug-likeness (QED) is 0.824. The van der Waals surface area contributed by atoms with Gasteiger partial charge in [0, 0.05) is 24.7 Å². The van der Waals surface area contributed by atoms with E-state index in [1.165, 1.54) is 18.9 Å². The first-order chi connectivity index (χ1) is 11.1. The molecule has 0 aliphatic carbocycles. The summed E-state index contributed by atoms with van der Waals surface area (Å²) in [5.41, 5.74) is 0.582. The molecule has 2 amide bonds.